The zero-order valence-electron chi connectivity index (χ0n) is 10.1. The molecule has 4 heteroatoms. The molecule has 1 rings (SSSR count). The molecule has 4 nitrogen and oxygen atoms in total. The Morgan fingerprint density at radius 1 is 1.35 bits per heavy atom. The summed E-state index contributed by atoms with van der Waals surface area (Å²) in [5.41, 5.74) is 0.718. The molecule has 0 atom stereocenters. The molecule has 0 saturated heterocycles. The first-order chi connectivity index (χ1) is 8.24. The molecule has 1 aromatic carbocycles. The van der Waals surface area contributed by atoms with Crippen LogP contribution in [0.2, 0.25) is 0 Å². The van der Waals surface area contributed by atoms with Crippen LogP contribution in [0.1, 0.15) is 25.3 Å². The molecule has 0 aliphatic heterocycles. The van der Waals surface area contributed by atoms with Crippen LogP contribution < -0.4 is 5.32 Å². The van der Waals surface area contributed by atoms with Crippen LogP contribution in [0.25, 0.3) is 0 Å². The van der Waals surface area contributed by atoms with Gasteiger partial charge in [-0.25, -0.2) is 0 Å². The number of carbonyl (C=O) groups excluding carboxylic acids is 1. The van der Waals surface area contributed by atoms with Gasteiger partial charge in [0.25, 0.3) is 0 Å². The number of para-hydroxylation sites is 1. The minimum Gasteiger partial charge on any atom is -0.508 e. The van der Waals surface area contributed by atoms with E-state index in [1.165, 1.54) is 0 Å². The van der Waals surface area contributed by atoms with Crippen LogP contribution in [-0.4, -0.2) is 24.2 Å². The maximum absolute atomic E-state index is 11.4. The fourth-order valence-electron chi connectivity index (χ4n) is 1.35. The van der Waals surface area contributed by atoms with Gasteiger partial charge in [0.15, 0.2) is 0 Å². The Morgan fingerprint density at radius 3 is 2.82 bits per heavy atom. The molecule has 0 aliphatic carbocycles. The molecule has 0 aromatic heterocycles. The maximum atomic E-state index is 11.4. The van der Waals surface area contributed by atoms with Crippen molar-refractivity contribution >= 4 is 5.91 Å². The molecule has 0 heterocycles. The standard InChI is InChI=1S/C13H19NO3/c1-2-8-17-9-7-13(16)14-10-11-5-3-4-6-12(11)15/h3-6,15H,2,7-10H2,1H3,(H,14,16). The van der Waals surface area contributed by atoms with Crippen LogP contribution in [0.5, 0.6) is 5.75 Å². The molecule has 0 fully saturated rings. The number of ether oxygens (including phenoxy) is 1. The zero-order chi connectivity index (χ0) is 12.5. The Labute approximate surface area is 102 Å². The number of aromatic hydroxyl groups is 1. The van der Waals surface area contributed by atoms with E-state index in [0.717, 1.165) is 12.0 Å². The van der Waals surface area contributed by atoms with E-state index in [4.69, 9.17) is 4.74 Å². The summed E-state index contributed by atoms with van der Waals surface area (Å²) in [6.45, 7) is 3.50. The first-order valence-corrected chi connectivity index (χ1v) is 5.85. The lowest BCUT2D eigenvalue weighted by atomic mass is 10.2. The number of hydrogen-bond acceptors (Lipinski definition) is 3. The van der Waals surface area contributed by atoms with Crippen molar-refractivity contribution in [2.24, 2.45) is 0 Å². The van der Waals surface area contributed by atoms with Gasteiger partial charge in [0.2, 0.25) is 5.91 Å². The SMILES string of the molecule is CCCOCCC(=O)NCc1ccccc1O. The minimum atomic E-state index is -0.0654. The summed E-state index contributed by atoms with van der Waals surface area (Å²) in [6.07, 6.45) is 1.31. The molecule has 1 amide bonds. The molecule has 0 bridgehead atoms. The highest BCUT2D eigenvalue weighted by Gasteiger charge is 2.03. The number of nitrogens with one attached hydrogen (secondary N) is 1. The predicted octanol–water partition coefficient (Wildman–Crippen LogP) is 1.83. The van der Waals surface area contributed by atoms with E-state index in [1.807, 2.05) is 13.0 Å². The number of phenols is 1. The molecule has 0 radical (unpaired) electrons. The normalized spacial score (nSPS) is 10.2. The lowest BCUT2D eigenvalue weighted by Gasteiger charge is -2.07. The fourth-order valence-corrected chi connectivity index (χ4v) is 1.35. The Morgan fingerprint density at radius 2 is 2.12 bits per heavy atom. The third-order valence-electron chi connectivity index (χ3n) is 2.29. The highest BCUT2D eigenvalue weighted by Crippen LogP contribution is 2.14. The maximum Gasteiger partial charge on any atom is 0.222 e. The molecular weight excluding hydrogens is 218 g/mol. The van der Waals surface area contributed by atoms with Crippen molar-refractivity contribution in [1.82, 2.24) is 5.32 Å². The number of phenolic OH excluding ortho intramolecular Hbond substituents is 1. The van der Waals surface area contributed by atoms with Gasteiger partial charge >= 0.3 is 0 Å². The Balaban J connectivity index is 2.22. The predicted molar refractivity (Wildman–Crippen MR) is 65.7 cm³/mol. The Bertz CT molecular complexity index is 352. The fraction of sp³-hybridized carbons (Fsp3) is 0.462. The average molecular weight is 237 g/mol. The number of benzene rings is 1. The van der Waals surface area contributed by atoms with Gasteiger partial charge < -0.3 is 15.2 Å². The molecule has 0 saturated carbocycles. The molecule has 0 aliphatic rings. The van der Waals surface area contributed by atoms with E-state index in [0.29, 0.717) is 26.2 Å². The van der Waals surface area contributed by atoms with Gasteiger partial charge in [0.1, 0.15) is 5.75 Å². The average Bonchev–Trinajstić information content (AvgIpc) is 2.34. The van der Waals surface area contributed by atoms with Gasteiger partial charge in [-0.15, -0.1) is 0 Å². The summed E-state index contributed by atoms with van der Waals surface area (Å²) in [6, 6.07) is 6.96. The van der Waals surface area contributed by atoms with Crippen molar-refractivity contribution in [1.29, 1.82) is 0 Å². The molecule has 2 N–H and O–H groups in total. The van der Waals surface area contributed by atoms with Crippen molar-refractivity contribution in [3.8, 4) is 5.75 Å². The second-order valence-corrected chi connectivity index (χ2v) is 3.77. The van der Waals surface area contributed by atoms with Gasteiger partial charge in [-0.05, 0) is 12.5 Å². The van der Waals surface area contributed by atoms with Gasteiger partial charge in [-0.3, -0.25) is 4.79 Å². The summed E-state index contributed by atoms with van der Waals surface area (Å²) >= 11 is 0. The van der Waals surface area contributed by atoms with E-state index in [-0.39, 0.29) is 11.7 Å². The van der Waals surface area contributed by atoms with Crippen molar-refractivity contribution < 1.29 is 14.6 Å². The third kappa shape index (κ3) is 5.36. The third-order valence-corrected chi connectivity index (χ3v) is 2.29. The van der Waals surface area contributed by atoms with Crippen LogP contribution in [0.4, 0.5) is 0 Å². The molecule has 0 spiro atoms. The van der Waals surface area contributed by atoms with Crippen LogP contribution in [0.15, 0.2) is 24.3 Å². The van der Waals surface area contributed by atoms with Gasteiger partial charge in [0, 0.05) is 25.1 Å². The second-order valence-electron chi connectivity index (χ2n) is 3.77. The van der Waals surface area contributed by atoms with Crippen molar-refractivity contribution in [2.75, 3.05) is 13.2 Å². The first-order valence-electron chi connectivity index (χ1n) is 5.85. The van der Waals surface area contributed by atoms with Crippen LogP contribution in [0, 0.1) is 0 Å². The molecule has 17 heavy (non-hydrogen) atoms. The summed E-state index contributed by atoms with van der Waals surface area (Å²) in [4.78, 5) is 11.4. The largest absolute Gasteiger partial charge is 0.508 e. The van der Waals surface area contributed by atoms with Crippen LogP contribution >= 0.6 is 0 Å². The van der Waals surface area contributed by atoms with Crippen molar-refractivity contribution in [3.05, 3.63) is 29.8 Å². The quantitative estimate of drug-likeness (QED) is 0.711. The topological polar surface area (TPSA) is 58.6 Å². The Kier molecular flexibility index (Phi) is 6.10. The molecule has 0 unspecified atom stereocenters. The van der Waals surface area contributed by atoms with E-state index >= 15 is 0 Å². The van der Waals surface area contributed by atoms with Gasteiger partial charge in [0.05, 0.1) is 6.61 Å². The molecular formula is C13H19NO3. The van der Waals surface area contributed by atoms with E-state index in [1.54, 1.807) is 18.2 Å². The summed E-state index contributed by atoms with van der Waals surface area (Å²) in [5, 5.41) is 12.2. The van der Waals surface area contributed by atoms with Gasteiger partial charge in [-0.1, -0.05) is 25.1 Å². The number of hydrogen-bond donors (Lipinski definition) is 2. The Hall–Kier alpha value is -1.55. The molecule has 94 valence electrons. The van der Waals surface area contributed by atoms with Crippen LogP contribution in [-0.2, 0) is 16.1 Å². The summed E-state index contributed by atoms with van der Waals surface area (Å²) in [7, 11) is 0. The highest BCUT2D eigenvalue weighted by molar-refractivity contribution is 5.76. The number of rotatable bonds is 7. The summed E-state index contributed by atoms with van der Waals surface area (Å²) < 4.78 is 5.22. The first kappa shape index (κ1) is 13.5. The van der Waals surface area contributed by atoms with E-state index < -0.39 is 0 Å². The van der Waals surface area contributed by atoms with E-state index in [9.17, 15) is 9.90 Å². The molecule has 1 aromatic rings. The summed E-state index contributed by atoms with van der Waals surface area (Å²) in [5.74, 6) is 0.138. The van der Waals surface area contributed by atoms with Gasteiger partial charge in [-0.2, -0.15) is 0 Å². The van der Waals surface area contributed by atoms with Crippen LogP contribution in [0.3, 0.4) is 0 Å². The smallest absolute Gasteiger partial charge is 0.222 e. The minimum absolute atomic E-state index is 0.0654. The monoisotopic (exact) mass is 237 g/mol. The van der Waals surface area contributed by atoms with E-state index in [2.05, 4.69) is 5.32 Å². The zero-order valence-corrected chi connectivity index (χ0v) is 10.1. The highest BCUT2D eigenvalue weighted by atomic mass is 16.5. The second kappa shape index (κ2) is 7.68. The lowest BCUT2D eigenvalue weighted by molar-refractivity contribution is -0.122. The number of amides is 1. The van der Waals surface area contributed by atoms with Crippen molar-refractivity contribution in [2.45, 2.75) is 26.3 Å². The number of carbonyl (C=O) groups is 1. The lowest BCUT2D eigenvalue weighted by Crippen LogP contribution is -2.24. The van der Waals surface area contributed by atoms with Crippen molar-refractivity contribution in [3.63, 3.8) is 0 Å².